The first-order valence-electron chi connectivity index (χ1n) is 10.1. The van der Waals surface area contributed by atoms with Gasteiger partial charge in [-0.25, -0.2) is 0 Å². The first-order chi connectivity index (χ1) is 11.7. The van der Waals surface area contributed by atoms with Gasteiger partial charge in [-0.2, -0.15) is 0 Å². The molecule has 5 heteroatoms. The van der Waals surface area contributed by atoms with E-state index in [1.807, 2.05) is 0 Å². The third-order valence-corrected chi connectivity index (χ3v) is 5.52. The maximum absolute atomic E-state index is 5.46. The summed E-state index contributed by atoms with van der Waals surface area (Å²) in [5, 5.41) is 3.48. The highest BCUT2D eigenvalue weighted by molar-refractivity contribution is 5.79. The van der Waals surface area contributed by atoms with Crippen LogP contribution in [0.3, 0.4) is 0 Å². The molecule has 2 aliphatic rings. The van der Waals surface area contributed by atoms with Crippen LogP contribution in [-0.2, 0) is 4.74 Å². The molecule has 2 heterocycles. The minimum Gasteiger partial charge on any atom is -0.381 e. The lowest BCUT2D eigenvalue weighted by molar-refractivity contribution is 0.0625. The fourth-order valence-electron chi connectivity index (χ4n) is 3.86. The summed E-state index contributed by atoms with van der Waals surface area (Å²) in [5.74, 6) is 1.89. The summed E-state index contributed by atoms with van der Waals surface area (Å²) in [6.45, 7) is 11.6. The second-order valence-electron chi connectivity index (χ2n) is 7.24. The Bertz CT molecular complexity index is 368. The SMILES string of the molecule is CCNC(=NCC1CCCCN1CC)N(C)CCC1CCOCC1. The highest BCUT2D eigenvalue weighted by Crippen LogP contribution is 2.19. The van der Waals surface area contributed by atoms with Crippen molar-refractivity contribution in [3.8, 4) is 0 Å². The Morgan fingerprint density at radius 3 is 2.71 bits per heavy atom. The number of likely N-dealkylation sites (tertiary alicyclic amines) is 1. The van der Waals surface area contributed by atoms with E-state index in [0.29, 0.717) is 6.04 Å². The van der Waals surface area contributed by atoms with Crippen LogP contribution in [0.4, 0.5) is 0 Å². The van der Waals surface area contributed by atoms with Gasteiger partial charge in [0.25, 0.3) is 0 Å². The molecule has 0 aromatic heterocycles. The van der Waals surface area contributed by atoms with Crippen LogP contribution in [0.5, 0.6) is 0 Å². The average molecular weight is 339 g/mol. The Balaban J connectivity index is 1.83. The predicted octanol–water partition coefficient (Wildman–Crippen LogP) is 2.57. The van der Waals surface area contributed by atoms with E-state index in [9.17, 15) is 0 Å². The summed E-state index contributed by atoms with van der Waals surface area (Å²) < 4.78 is 5.46. The van der Waals surface area contributed by atoms with Crippen LogP contribution in [0.1, 0.15) is 52.4 Å². The molecule has 2 aliphatic heterocycles. The molecule has 2 saturated heterocycles. The zero-order valence-corrected chi connectivity index (χ0v) is 16.1. The molecule has 1 atom stereocenters. The maximum Gasteiger partial charge on any atom is 0.193 e. The molecule has 2 rings (SSSR count). The van der Waals surface area contributed by atoms with Gasteiger partial charge in [0.05, 0.1) is 6.54 Å². The van der Waals surface area contributed by atoms with Crippen LogP contribution in [0.15, 0.2) is 4.99 Å². The van der Waals surface area contributed by atoms with Gasteiger partial charge in [0.2, 0.25) is 0 Å². The summed E-state index contributed by atoms with van der Waals surface area (Å²) in [7, 11) is 2.18. The molecule has 0 aromatic rings. The summed E-state index contributed by atoms with van der Waals surface area (Å²) in [6, 6.07) is 0.626. The topological polar surface area (TPSA) is 40.1 Å². The summed E-state index contributed by atoms with van der Waals surface area (Å²) in [5.41, 5.74) is 0. The molecule has 0 saturated carbocycles. The third kappa shape index (κ3) is 6.25. The van der Waals surface area contributed by atoms with E-state index in [2.05, 4.69) is 36.0 Å². The fraction of sp³-hybridized carbons (Fsp3) is 0.947. The number of aliphatic imine (C=N–C) groups is 1. The van der Waals surface area contributed by atoms with E-state index < -0.39 is 0 Å². The number of ether oxygens (including phenoxy) is 1. The molecule has 1 unspecified atom stereocenters. The van der Waals surface area contributed by atoms with Gasteiger partial charge in [-0.15, -0.1) is 0 Å². The molecule has 1 N–H and O–H groups in total. The number of hydrogen-bond donors (Lipinski definition) is 1. The van der Waals surface area contributed by atoms with Gasteiger partial charge >= 0.3 is 0 Å². The second kappa shape index (κ2) is 10.9. The Hall–Kier alpha value is -0.810. The van der Waals surface area contributed by atoms with Crippen molar-refractivity contribution in [2.24, 2.45) is 10.9 Å². The number of nitrogens with zero attached hydrogens (tertiary/aromatic N) is 3. The normalized spacial score (nSPS) is 24.1. The van der Waals surface area contributed by atoms with Gasteiger partial charge in [-0.1, -0.05) is 13.3 Å². The minimum absolute atomic E-state index is 0.626. The maximum atomic E-state index is 5.46. The zero-order chi connectivity index (χ0) is 17.2. The molecule has 5 nitrogen and oxygen atoms in total. The number of piperidine rings is 1. The van der Waals surface area contributed by atoms with Crippen LogP contribution in [0.2, 0.25) is 0 Å². The van der Waals surface area contributed by atoms with Crippen LogP contribution >= 0.6 is 0 Å². The molecular weight excluding hydrogens is 300 g/mol. The Kier molecular flexibility index (Phi) is 8.89. The smallest absolute Gasteiger partial charge is 0.193 e. The quantitative estimate of drug-likeness (QED) is 0.572. The summed E-state index contributed by atoms with van der Waals surface area (Å²) >= 11 is 0. The second-order valence-corrected chi connectivity index (χ2v) is 7.24. The zero-order valence-electron chi connectivity index (χ0n) is 16.1. The molecule has 0 radical (unpaired) electrons. The third-order valence-electron chi connectivity index (χ3n) is 5.52. The predicted molar refractivity (Wildman–Crippen MR) is 102 cm³/mol. The van der Waals surface area contributed by atoms with Gasteiger partial charge in [0.15, 0.2) is 5.96 Å². The molecule has 0 aromatic carbocycles. The molecule has 0 spiro atoms. The van der Waals surface area contributed by atoms with Gasteiger partial charge in [0, 0.05) is 39.4 Å². The summed E-state index contributed by atoms with van der Waals surface area (Å²) in [6.07, 6.45) is 7.67. The van der Waals surface area contributed by atoms with E-state index in [1.165, 1.54) is 45.1 Å². The molecule has 0 amide bonds. The summed E-state index contributed by atoms with van der Waals surface area (Å²) in [4.78, 5) is 9.88. The van der Waals surface area contributed by atoms with E-state index in [0.717, 1.165) is 51.3 Å². The van der Waals surface area contributed by atoms with Crippen molar-refractivity contribution in [1.82, 2.24) is 15.1 Å². The van der Waals surface area contributed by atoms with Crippen molar-refractivity contribution in [3.05, 3.63) is 0 Å². The molecule has 0 aliphatic carbocycles. The standard InChI is InChI=1S/C19H38N4O/c1-4-20-19(21-16-18-8-6-7-12-23(18)5-2)22(3)13-9-17-10-14-24-15-11-17/h17-18H,4-16H2,1-3H3,(H,20,21). The monoisotopic (exact) mass is 338 g/mol. The van der Waals surface area contributed by atoms with Gasteiger partial charge in [-0.05, 0) is 58.0 Å². The number of nitrogens with one attached hydrogen (secondary N) is 1. The van der Waals surface area contributed by atoms with Gasteiger partial charge in [0.1, 0.15) is 0 Å². The van der Waals surface area contributed by atoms with Crippen molar-refractivity contribution in [2.45, 2.75) is 58.4 Å². The molecular formula is C19H38N4O. The lowest BCUT2D eigenvalue weighted by atomic mass is 9.96. The number of hydrogen-bond acceptors (Lipinski definition) is 3. The van der Waals surface area contributed by atoms with E-state index >= 15 is 0 Å². The Morgan fingerprint density at radius 1 is 1.21 bits per heavy atom. The molecule has 2 fully saturated rings. The number of guanidine groups is 1. The molecule has 0 bridgehead atoms. The van der Waals surface area contributed by atoms with Crippen LogP contribution in [0, 0.1) is 5.92 Å². The number of likely N-dealkylation sites (N-methyl/N-ethyl adjacent to an activating group) is 1. The average Bonchev–Trinajstić information content (AvgIpc) is 2.64. The van der Waals surface area contributed by atoms with Crippen LogP contribution in [-0.4, -0.2) is 74.8 Å². The number of rotatable bonds is 7. The van der Waals surface area contributed by atoms with Crippen molar-refractivity contribution in [1.29, 1.82) is 0 Å². The lowest BCUT2D eigenvalue weighted by Crippen LogP contribution is -2.44. The van der Waals surface area contributed by atoms with Crippen molar-refractivity contribution in [3.63, 3.8) is 0 Å². The van der Waals surface area contributed by atoms with Gasteiger partial charge < -0.3 is 15.0 Å². The fourth-order valence-corrected chi connectivity index (χ4v) is 3.86. The van der Waals surface area contributed by atoms with Crippen LogP contribution in [0.25, 0.3) is 0 Å². The Labute approximate surface area is 148 Å². The van der Waals surface area contributed by atoms with Crippen LogP contribution < -0.4 is 5.32 Å². The Morgan fingerprint density at radius 2 is 2.00 bits per heavy atom. The highest BCUT2D eigenvalue weighted by atomic mass is 16.5. The van der Waals surface area contributed by atoms with Crippen molar-refractivity contribution in [2.75, 3.05) is 53.0 Å². The van der Waals surface area contributed by atoms with Crippen molar-refractivity contribution < 1.29 is 4.74 Å². The van der Waals surface area contributed by atoms with Gasteiger partial charge in [-0.3, -0.25) is 9.89 Å². The minimum atomic E-state index is 0.626. The first kappa shape index (κ1) is 19.5. The van der Waals surface area contributed by atoms with E-state index in [-0.39, 0.29) is 0 Å². The highest BCUT2D eigenvalue weighted by Gasteiger charge is 2.21. The van der Waals surface area contributed by atoms with Crippen molar-refractivity contribution >= 4 is 5.96 Å². The van der Waals surface area contributed by atoms with E-state index in [4.69, 9.17) is 9.73 Å². The molecule has 140 valence electrons. The largest absolute Gasteiger partial charge is 0.381 e. The lowest BCUT2D eigenvalue weighted by Gasteiger charge is -2.34. The first-order valence-corrected chi connectivity index (χ1v) is 10.1. The van der Waals surface area contributed by atoms with E-state index in [1.54, 1.807) is 0 Å². The molecule has 24 heavy (non-hydrogen) atoms.